The molecule has 0 aromatic heterocycles. The molecule has 1 aromatic carbocycles. The third-order valence-corrected chi connectivity index (χ3v) is 3.69. The fourth-order valence-electron chi connectivity index (χ4n) is 2.34. The molecule has 3 nitrogen and oxygen atoms in total. The lowest BCUT2D eigenvalue weighted by molar-refractivity contribution is 0.268. The predicted octanol–water partition coefficient (Wildman–Crippen LogP) is 3.13. The van der Waals surface area contributed by atoms with E-state index in [0.717, 1.165) is 25.2 Å². The lowest BCUT2D eigenvalue weighted by Crippen LogP contribution is -2.41. The third kappa shape index (κ3) is 2.77. The summed E-state index contributed by atoms with van der Waals surface area (Å²) in [7, 11) is 0. The Hall–Kier alpha value is -1.24. The maximum absolute atomic E-state index is 9.47. The maximum atomic E-state index is 9.47. The van der Waals surface area contributed by atoms with Gasteiger partial charge in [0, 0.05) is 29.8 Å². The van der Waals surface area contributed by atoms with E-state index in [4.69, 9.17) is 11.6 Å². The molecule has 0 aliphatic carbocycles. The second kappa shape index (κ2) is 5.17. The van der Waals surface area contributed by atoms with Crippen LogP contribution >= 0.6 is 11.6 Å². The first-order valence-electron chi connectivity index (χ1n) is 6.24. The first-order chi connectivity index (χ1) is 8.54. The van der Waals surface area contributed by atoms with Crippen molar-refractivity contribution in [1.82, 2.24) is 4.90 Å². The van der Waals surface area contributed by atoms with Crippen LogP contribution in [0.2, 0.25) is 5.02 Å². The Labute approximate surface area is 113 Å². The highest BCUT2D eigenvalue weighted by Gasteiger charge is 2.39. The minimum absolute atomic E-state index is 0.474. The van der Waals surface area contributed by atoms with E-state index in [9.17, 15) is 5.26 Å². The van der Waals surface area contributed by atoms with Crippen molar-refractivity contribution in [3.63, 3.8) is 0 Å². The van der Waals surface area contributed by atoms with E-state index in [1.54, 1.807) is 0 Å². The number of nitriles is 1. The second-order valence-electron chi connectivity index (χ2n) is 5.14. The Bertz CT molecular complexity index is 466. The molecule has 1 atom stereocenters. The molecule has 1 aliphatic heterocycles. The van der Waals surface area contributed by atoms with Gasteiger partial charge in [0.25, 0.3) is 0 Å². The molecule has 1 aromatic rings. The monoisotopic (exact) mass is 263 g/mol. The number of anilines is 1. The fourth-order valence-corrected chi connectivity index (χ4v) is 2.53. The zero-order valence-corrected chi connectivity index (χ0v) is 11.5. The van der Waals surface area contributed by atoms with E-state index in [0.29, 0.717) is 11.1 Å². The molecule has 1 fully saturated rings. The number of hydrogen-bond donors (Lipinski definition) is 1. The molecule has 0 saturated carbocycles. The summed E-state index contributed by atoms with van der Waals surface area (Å²) in [6.45, 7) is 6.03. The zero-order valence-electron chi connectivity index (χ0n) is 10.8. The van der Waals surface area contributed by atoms with Crippen molar-refractivity contribution in [3.05, 3.63) is 29.3 Å². The molecule has 1 N–H and O–H groups in total. The fraction of sp³-hybridized carbons (Fsp3) is 0.500. The van der Waals surface area contributed by atoms with E-state index in [-0.39, 0.29) is 0 Å². The van der Waals surface area contributed by atoms with Crippen LogP contribution in [0.4, 0.5) is 5.69 Å². The second-order valence-corrected chi connectivity index (χ2v) is 5.58. The summed E-state index contributed by atoms with van der Waals surface area (Å²) in [5, 5.41) is 13.5. The molecule has 96 valence electrons. The van der Waals surface area contributed by atoms with Gasteiger partial charge in [-0.1, -0.05) is 17.7 Å². The Morgan fingerprint density at radius 3 is 2.83 bits per heavy atom. The van der Waals surface area contributed by atoms with Gasteiger partial charge in [-0.15, -0.1) is 0 Å². The van der Waals surface area contributed by atoms with Crippen molar-refractivity contribution >= 4 is 17.3 Å². The van der Waals surface area contributed by atoms with Gasteiger partial charge in [0.15, 0.2) is 0 Å². The van der Waals surface area contributed by atoms with E-state index in [2.05, 4.69) is 30.1 Å². The molecule has 0 radical (unpaired) electrons. The lowest BCUT2D eigenvalue weighted by atomic mass is 10.0. The SMILES string of the molecule is CC(C)N1CCC(C#N)(Nc2cccc(Cl)c2)C1. The molecule has 18 heavy (non-hydrogen) atoms. The van der Waals surface area contributed by atoms with E-state index in [1.807, 2.05) is 24.3 Å². The Balaban J connectivity index is 2.14. The van der Waals surface area contributed by atoms with Gasteiger partial charge in [-0.05, 0) is 38.5 Å². The van der Waals surface area contributed by atoms with E-state index < -0.39 is 5.54 Å². The molecular formula is C14H18ClN3. The van der Waals surface area contributed by atoms with Crippen LogP contribution in [-0.4, -0.2) is 29.6 Å². The number of halogens is 1. The number of hydrogen-bond acceptors (Lipinski definition) is 3. The highest BCUT2D eigenvalue weighted by atomic mass is 35.5. The molecule has 1 heterocycles. The van der Waals surface area contributed by atoms with Crippen LogP contribution in [-0.2, 0) is 0 Å². The average molecular weight is 264 g/mol. The summed E-state index contributed by atoms with van der Waals surface area (Å²) in [6.07, 6.45) is 0.841. The Kier molecular flexibility index (Phi) is 3.79. The van der Waals surface area contributed by atoms with Crippen LogP contribution in [0, 0.1) is 11.3 Å². The van der Waals surface area contributed by atoms with Gasteiger partial charge in [0.05, 0.1) is 6.07 Å². The number of nitrogens with zero attached hydrogens (tertiary/aromatic N) is 2. The molecule has 1 aliphatic rings. The predicted molar refractivity (Wildman–Crippen MR) is 74.7 cm³/mol. The summed E-state index contributed by atoms with van der Waals surface area (Å²) in [6, 6.07) is 10.4. The third-order valence-electron chi connectivity index (χ3n) is 3.45. The molecule has 0 spiro atoms. The van der Waals surface area contributed by atoms with Gasteiger partial charge < -0.3 is 5.32 Å². The number of rotatable bonds is 3. The van der Waals surface area contributed by atoms with Gasteiger partial charge >= 0.3 is 0 Å². The quantitative estimate of drug-likeness (QED) is 0.911. The van der Waals surface area contributed by atoms with Crippen LogP contribution < -0.4 is 5.32 Å². The number of nitrogens with one attached hydrogen (secondary N) is 1. The van der Waals surface area contributed by atoms with Crippen molar-refractivity contribution < 1.29 is 0 Å². The maximum Gasteiger partial charge on any atom is 0.139 e. The topological polar surface area (TPSA) is 39.1 Å². The summed E-state index contributed by atoms with van der Waals surface area (Å²) in [4.78, 5) is 2.32. The summed E-state index contributed by atoms with van der Waals surface area (Å²) in [5.74, 6) is 0. The largest absolute Gasteiger partial charge is 0.366 e. The molecule has 0 bridgehead atoms. The zero-order chi connectivity index (χ0) is 13.2. The number of benzene rings is 1. The average Bonchev–Trinajstić information content (AvgIpc) is 2.74. The standard InChI is InChI=1S/C14H18ClN3/c1-11(2)18-7-6-14(9-16,10-18)17-13-5-3-4-12(15)8-13/h3-5,8,11,17H,6-7,10H2,1-2H3. The normalized spacial score (nSPS) is 24.2. The van der Waals surface area contributed by atoms with Crippen molar-refractivity contribution in [2.75, 3.05) is 18.4 Å². The minimum Gasteiger partial charge on any atom is -0.366 e. The number of likely N-dealkylation sites (tertiary alicyclic amines) is 1. The van der Waals surface area contributed by atoms with Gasteiger partial charge in [-0.2, -0.15) is 5.26 Å². The molecule has 1 saturated heterocycles. The summed E-state index contributed by atoms with van der Waals surface area (Å²) in [5.41, 5.74) is 0.421. The smallest absolute Gasteiger partial charge is 0.139 e. The molecular weight excluding hydrogens is 246 g/mol. The van der Waals surface area contributed by atoms with Gasteiger partial charge in [-0.25, -0.2) is 0 Å². The van der Waals surface area contributed by atoms with Crippen molar-refractivity contribution in [2.45, 2.75) is 31.8 Å². The molecule has 0 amide bonds. The first-order valence-corrected chi connectivity index (χ1v) is 6.61. The minimum atomic E-state index is -0.491. The van der Waals surface area contributed by atoms with Crippen LogP contribution in [0.15, 0.2) is 24.3 Å². The highest BCUT2D eigenvalue weighted by molar-refractivity contribution is 6.30. The van der Waals surface area contributed by atoms with Crippen LogP contribution in [0.3, 0.4) is 0 Å². The van der Waals surface area contributed by atoms with Crippen molar-refractivity contribution in [1.29, 1.82) is 5.26 Å². The van der Waals surface area contributed by atoms with Crippen LogP contribution in [0.1, 0.15) is 20.3 Å². The Morgan fingerprint density at radius 2 is 2.28 bits per heavy atom. The molecule has 1 unspecified atom stereocenters. The van der Waals surface area contributed by atoms with Gasteiger partial charge in [-0.3, -0.25) is 4.90 Å². The lowest BCUT2D eigenvalue weighted by Gasteiger charge is -2.26. The molecule has 2 rings (SSSR count). The van der Waals surface area contributed by atoms with Crippen molar-refractivity contribution in [2.24, 2.45) is 0 Å². The Morgan fingerprint density at radius 1 is 1.50 bits per heavy atom. The summed E-state index contributed by atoms with van der Waals surface area (Å²) >= 11 is 5.96. The van der Waals surface area contributed by atoms with E-state index >= 15 is 0 Å². The first kappa shape index (κ1) is 13.2. The van der Waals surface area contributed by atoms with Gasteiger partial charge in [0.1, 0.15) is 5.54 Å². The van der Waals surface area contributed by atoms with Gasteiger partial charge in [0.2, 0.25) is 0 Å². The molecule has 4 heteroatoms. The van der Waals surface area contributed by atoms with E-state index in [1.165, 1.54) is 0 Å². The van der Waals surface area contributed by atoms with Crippen molar-refractivity contribution in [3.8, 4) is 6.07 Å². The van der Waals surface area contributed by atoms with Crippen LogP contribution in [0.25, 0.3) is 0 Å². The highest BCUT2D eigenvalue weighted by Crippen LogP contribution is 2.28. The van der Waals surface area contributed by atoms with Crippen LogP contribution in [0.5, 0.6) is 0 Å². The summed E-state index contributed by atoms with van der Waals surface area (Å²) < 4.78 is 0.